The van der Waals surface area contributed by atoms with Gasteiger partial charge in [-0.15, -0.1) is 24.8 Å². The first-order chi connectivity index (χ1) is 5.11. The number of halogens is 2. The number of hydrogen-bond acceptors (Lipinski definition) is 2. The number of likely N-dealkylation sites (tertiary alicyclic amines) is 1. The van der Waals surface area contributed by atoms with Gasteiger partial charge >= 0.3 is 6.03 Å². The SMILES string of the molecule is CN(C)C(=O)N1CC[C@H](N)C1.Cl.Cl. The molecule has 4 nitrogen and oxygen atoms in total. The molecule has 1 fully saturated rings. The fourth-order valence-corrected chi connectivity index (χ4v) is 1.24. The Morgan fingerprint density at radius 3 is 2.31 bits per heavy atom. The summed E-state index contributed by atoms with van der Waals surface area (Å²) in [5, 5.41) is 0. The van der Waals surface area contributed by atoms with Crippen LogP contribution in [0, 0.1) is 0 Å². The van der Waals surface area contributed by atoms with E-state index in [4.69, 9.17) is 5.73 Å². The predicted octanol–water partition coefficient (Wildman–Crippen LogP) is 0.545. The molecule has 1 saturated heterocycles. The van der Waals surface area contributed by atoms with Crippen LogP contribution in [-0.4, -0.2) is 49.1 Å². The summed E-state index contributed by atoms with van der Waals surface area (Å²) in [6.07, 6.45) is 0.930. The molecule has 1 heterocycles. The second-order valence-electron chi connectivity index (χ2n) is 3.17. The zero-order chi connectivity index (χ0) is 8.43. The molecular formula is C7H17Cl2N3O. The zero-order valence-electron chi connectivity index (χ0n) is 7.90. The number of hydrogen-bond donors (Lipinski definition) is 1. The first-order valence-corrected chi connectivity index (χ1v) is 3.83. The predicted molar refractivity (Wildman–Crippen MR) is 57.7 cm³/mol. The highest BCUT2D eigenvalue weighted by molar-refractivity contribution is 5.85. The van der Waals surface area contributed by atoms with Gasteiger partial charge in [0.05, 0.1) is 0 Å². The van der Waals surface area contributed by atoms with Crippen LogP contribution in [0.1, 0.15) is 6.42 Å². The number of nitrogens with two attached hydrogens (primary N) is 1. The molecule has 0 saturated carbocycles. The smallest absolute Gasteiger partial charge is 0.319 e. The Kier molecular flexibility index (Phi) is 7.40. The highest BCUT2D eigenvalue weighted by atomic mass is 35.5. The summed E-state index contributed by atoms with van der Waals surface area (Å²) in [4.78, 5) is 14.7. The van der Waals surface area contributed by atoms with Gasteiger partial charge in [0.1, 0.15) is 0 Å². The van der Waals surface area contributed by atoms with Crippen LogP contribution in [0.4, 0.5) is 4.79 Å². The van der Waals surface area contributed by atoms with Gasteiger partial charge in [-0.25, -0.2) is 4.79 Å². The lowest BCUT2D eigenvalue weighted by Crippen LogP contribution is -2.38. The molecule has 0 radical (unpaired) electrons. The molecule has 1 rings (SSSR count). The largest absolute Gasteiger partial charge is 0.331 e. The van der Waals surface area contributed by atoms with Crippen LogP contribution in [0.15, 0.2) is 0 Å². The number of urea groups is 1. The molecule has 0 aliphatic carbocycles. The number of carbonyl (C=O) groups is 1. The Balaban J connectivity index is 0. The summed E-state index contributed by atoms with van der Waals surface area (Å²) in [6, 6.07) is 0.247. The number of nitrogens with zero attached hydrogens (tertiary/aromatic N) is 2. The van der Waals surface area contributed by atoms with Crippen molar-refractivity contribution in [2.45, 2.75) is 12.5 Å². The molecule has 0 unspecified atom stereocenters. The highest BCUT2D eigenvalue weighted by Crippen LogP contribution is 2.07. The fraction of sp³-hybridized carbons (Fsp3) is 0.857. The molecule has 0 bridgehead atoms. The molecule has 1 aliphatic heterocycles. The van der Waals surface area contributed by atoms with Crippen molar-refractivity contribution in [1.29, 1.82) is 0 Å². The van der Waals surface area contributed by atoms with E-state index in [0.29, 0.717) is 6.54 Å². The molecule has 0 aromatic carbocycles. The van der Waals surface area contributed by atoms with E-state index in [1.54, 1.807) is 23.9 Å². The fourth-order valence-electron chi connectivity index (χ4n) is 1.24. The molecule has 2 N–H and O–H groups in total. The van der Waals surface area contributed by atoms with Crippen molar-refractivity contribution in [2.75, 3.05) is 27.2 Å². The Labute approximate surface area is 91.3 Å². The summed E-state index contributed by atoms with van der Waals surface area (Å²) in [5.41, 5.74) is 5.65. The van der Waals surface area contributed by atoms with Gasteiger partial charge < -0.3 is 15.5 Å². The van der Waals surface area contributed by atoms with Crippen molar-refractivity contribution >= 4 is 30.8 Å². The van der Waals surface area contributed by atoms with E-state index in [9.17, 15) is 4.79 Å². The van der Waals surface area contributed by atoms with Crippen LogP contribution < -0.4 is 5.73 Å². The Morgan fingerprint density at radius 1 is 1.46 bits per heavy atom. The molecule has 0 aromatic rings. The maximum absolute atomic E-state index is 11.3. The number of carbonyl (C=O) groups excluding carboxylic acids is 1. The first-order valence-electron chi connectivity index (χ1n) is 3.83. The molecule has 0 aromatic heterocycles. The standard InChI is InChI=1S/C7H15N3O.2ClH/c1-9(2)7(11)10-4-3-6(8)5-10;;/h6H,3-5,8H2,1-2H3;2*1H/t6-;;/m0../s1. The van der Waals surface area contributed by atoms with Gasteiger partial charge in [0.25, 0.3) is 0 Å². The minimum atomic E-state index is 0. The van der Waals surface area contributed by atoms with Crippen LogP contribution in [0.5, 0.6) is 0 Å². The van der Waals surface area contributed by atoms with E-state index in [-0.39, 0.29) is 36.9 Å². The van der Waals surface area contributed by atoms with Crippen LogP contribution >= 0.6 is 24.8 Å². The molecule has 13 heavy (non-hydrogen) atoms. The van der Waals surface area contributed by atoms with Crippen molar-refractivity contribution in [2.24, 2.45) is 5.73 Å². The molecular weight excluding hydrogens is 213 g/mol. The maximum atomic E-state index is 11.3. The number of rotatable bonds is 0. The quantitative estimate of drug-likeness (QED) is 0.660. The minimum Gasteiger partial charge on any atom is -0.331 e. The van der Waals surface area contributed by atoms with Crippen molar-refractivity contribution < 1.29 is 4.79 Å². The van der Waals surface area contributed by atoms with Gasteiger partial charge in [0.15, 0.2) is 0 Å². The van der Waals surface area contributed by atoms with Gasteiger partial charge in [0.2, 0.25) is 0 Å². The minimum absolute atomic E-state index is 0. The van der Waals surface area contributed by atoms with Crippen LogP contribution in [0.25, 0.3) is 0 Å². The van der Waals surface area contributed by atoms with E-state index in [1.807, 2.05) is 0 Å². The molecule has 6 heteroatoms. The third kappa shape index (κ3) is 4.02. The van der Waals surface area contributed by atoms with E-state index in [2.05, 4.69) is 0 Å². The third-order valence-electron chi connectivity index (χ3n) is 1.88. The second kappa shape index (κ2) is 6.29. The summed E-state index contributed by atoms with van der Waals surface area (Å²) < 4.78 is 0. The highest BCUT2D eigenvalue weighted by Gasteiger charge is 2.24. The average molecular weight is 230 g/mol. The van der Waals surface area contributed by atoms with Gasteiger partial charge in [0, 0.05) is 33.2 Å². The Morgan fingerprint density at radius 2 is 2.00 bits per heavy atom. The van der Waals surface area contributed by atoms with E-state index in [1.165, 1.54) is 0 Å². The summed E-state index contributed by atoms with van der Waals surface area (Å²) in [7, 11) is 3.51. The molecule has 2 amide bonds. The summed E-state index contributed by atoms with van der Waals surface area (Å²) >= 11 is 0. The lowest BCUT2D eigenvalue weighted by atomic mass is 10.3. The van der Waals surface area contributed by atoms with Gasteiger partial charge in [-0.1, -0.05) is 0 Å². The number of amides is 2. The molecule has 0 spiro atoms. The molecule has 1 aliphatic rings. The molecule has 80 valence electrons. The average Bonchev–Trinajstić information content (AvgIpc) is 2.34. The van der Waals surface area contributed by atoms with Crippen molar-refractivity contribution in [3.05, 3.63) is 0 Å². The summed E-state index contributed by atoms with van der Waals surface area (Å²) in [6.45, 7) is 1.51. The van der Waals surface area contributed by atoms with Gasteiger partial charge in [-0.3, -0.25) is 0 Å². The van der Waals surface area contributed by atoms with Crippen molar-refractivity contribution in [1.82, 2.24) is 9.80 Å². The lowest BCUT2D eigenvalue weighted by molar-refractivity contribution is 0.181. The lowest BCUT2D eigenvalue weighted by Gasteiger charge is -2.20. The van der Waals surface area contributed by atoms with Crippen LogP contribution in [-0.2, 0) is 0 Å². The zero-order valence-corrected chi connectivity index (χ0v) is 9.53. The van der Waals surface area contributed by atoms with E-state index >= 15 is 0 Å². The third-order valence-corrected chi connectivity index (χ3v) is 1.88. The monoisotopic (exact) mass is 229 g/mol. The Bertz CT molecular complexity index is 166. The molecule has 1 atom stereocenters. The Hall–Kier alpha value is -0.190. The first kappa shape index (κ1) is 15.3. The topological polar surface area (TPSA) is 49.6 Å². The van der Waals surface area contributed by atoms with Gasteiger partial charge in [-0.2, -0.15) is 0 Å². The van der Waals surface area contributed by atoms with E-state index in [0.717, 1.165) is 13.0 Å². The summed E-state index contributed by atoms with van der Waals surface area (Å²) in [5.74, 6) is 0. The second-order valence-corrected chi connectivity index (χ2v) is 3.17. The van der Waals surface area contributed by atoms with Crippen LogP contribution in [0.2, 0.25) is 0 Å². The van der Waals surface area contributed by atoms with Crippen molar-refractivity contribution in [3.8, 4) is 0 Å². The van der Waals surface area contributed by atoms with Crippen LogP contribution in [0.3, 0.4) is 0 Å². The van der Waals surface area contributed by atoms with E-state index < -0.39 is 0 Å². The van der Waals surface area contributed by atoms with Crippen molar-refractivity contribution in [3.63, 3.8) is 0 Å². The van der Waals surface area contributed by atoms with Gasteiger partial charge in [-0.05, 0) is 6.42 Å². The normalized spacial score (nSPS) is 20.2. The maximum Gasteiger partial charge on any atom is 0.319 e.